The lowest BCUT2D eigenvalue weighted by Gasteiger charge is -2.07. The normalized spacial score (nSPS) is 10.3. The first-order valence-electron chi connectivity index (χ1n) is 7.03. The third kappa shape index (κ3) is 4.84. The number of phenols is 1. The van der Waals surface area contributed by atoms with Crippen LogP contribution < -0.4 is 11.1 Å². The van der Waals surface area contributed by atoms with E-state index in [0.717, 1.165) is 23.2 Å². The number of nitrogen functional groups attached to an aromatic ring is 1. The monoisotopic (exact) mass is 284 g/mol. The molecular formula is C17H20N2O2. The van der Waals surface area contributed by atoms with Crippen LogP contribution in [0.3, 0.4) is 0 Å². The number of carbonyl (C=O) groups excluding carboxylic acids is 1. The molecular weight excluding hydrogens is 264 g/mol. The van der Waals surface area contributed by atoms with Crippen LogP contribution in [0.2, 0.25) is 0 Å². The van der Waals surface area contributed by atoms with Crippen molar-refractivity contribution < 1.29 is 9.90 Å². The van der Waals surface area contributed by atoms with Crippen molar-refractivity contribution in [3.63, 3.8) is 0 Å². The number of nitrogens with two attached hydrogens (primary N) is 1. The Kier molecular flexibility index (Phi) is 5.21. The van der Waals surface area contributed by atoms with Gasteiger partial charge < -0.3 is 16.2 Å². The Morgan fingerprint density at radius 2 is 1.76 bits per heavy atom. The van der Waals surface area contributed by atoms with Gasteiger partial charge in [0.25, 0.3) is 0 Å². The molecule has 0 aliphatic heterocycles. The number of anilines is 1. The zero-order valence-electron chi connectivity index (χ0n) is 11.9. The number of phenolic OH excluding ortho intramolecular Hbond substituents is 1. The highest BCUT2D eigenvalue weighted by Gasteiger charge is 2.04. The second-order valence-corrected chi connectivity index (χ2v) is 4.97. The van der Waals surface area contributed by atoms with Gasteiger partial charge in [-0.05, 0) is 42.2 Å². The number of amides is 1. The van der Waals surface area contributed by atoms with Crippen molar-refractivity contribution in [2.24, 2.45) is 0 Å². The smallest absolute Gasteiger partial charge is 0.220 e. The largest absolute Gasteiger partial charge is 0.508 e. The van der Waals surface area contributed by atoms with E-state index in [1.165, 1.54) is 0 Å². The predicted octanol–water partition coefficient (Wildman–Crippen LogP) is 2.27. The van der Waals surface area contributed by atoms with Crippen LogP contribution in [0.4, 0.5) is 5.69 Å². The van der Waals surface area contributed by atoms with Gasteiger partial charge in [0, 0.05) is 18.7 Å². The fraction of sp³-hybridized carbons (Fsp3) is 0.235. The van der Waals surface area contributed by atoms with Crippen LogP contribution in [0.25, 0.3) is 0 Å². The van der Waals surface area contributed by atoms with E-state index >= 15 is 0 Å². The van der Waals surface area contributed by atoms with Gasteiger partial charge in [0.1, 0.15) is 5.75 Å². The molecule has 2 aromatic rings. The molecule has 0 radical (unpaired) electrons. The van der Waals surface area contributed by atoms with Gasteiger partial charge in [-0.15, -0.1) is 0 Å². The lowest BCUT2D eigenvalue weighted by Crippen LogP contribution is -2.25. The number of aromatic hydroxyl groups is 1. The van der Waals surface area contributed by atoms with Gasteiger partial charge in [0.05, 0.1) is 0 Å². The van der Waals surface area contributed by atoms with E-state index in [4.69, 9.17) is 5.73 Å². The van der Waals surface area contributed by atoms with Crippen LogP contribution in [-0.2, 0) is 17.6 Å². The number of para-hydroxylation sites is 1. The Balaban J connectivity index is 1.70. The number of benzene rings is 2. The lowest BCUT2D eigenvalue weighted by molar-refractivity contribution is -0.121. The van der Waals surface area contributed by atoms with Crippen molar-refractivity contribution in [1.82, 2.24) is 5.32 Å². The third-order valence-corrected chi connectivity index (χ3v) is 3.35. The molecule has 0 aliphatic carbocycles. The molecule has 0 heterocycles. The van der Waals surface area contributed by atoms with E-state index in [2.05, 4.69) is 5.32 Å². The molecule has 0 aliphatic rings. The molecule has 0 atom stereocenters. The summed E-state index contributed by atoms with van der Waals surface area (Å²) in [4.78, 5) is 11.8. The summed E-state index contributed by atoms with van der Waals surface area (Å²) in [5, 5.41) is 12.1. The summed E-state index contributed by atoms with van der Waals surface area (Å²) in [7, 11) is 0. The Morgan fingerprint density at radius 1 is 1.05 bits per heavy atom. The molecule has 0 saturated heterocycles. The molecule has 4 N–H and O–H groups in total. The zero-order valence-corrected chi connectivity index (χ0v) is 11.9. The predicted molar refractivity (Wildman–Crippen MR) is 84.0 cm³/mol. The molecule has 2 rings (SSSR count). The Labute approximate surface area is 124 Å². The van der Waals surface area contributed by atoms with Gasteiger partial charge in [-0.25, -0.2) is 0 Å². The molecule has 0 bridgehead atoms. The Morgan fingerprint density at radius 3 is 2.48 bits per heavy atom. The molecule has 2 aromatic carbocycles. The SMILES string of the molecule is Nc1ccccc1CCC(=O)NCCc1ccc(O)cc1. The van der Waals surface area contributed by atoms with Crippen LogP contribution in [-0.4, -0.2) is 17.6 Å². The molecule has 0 fully saturated rings. The Bertz CT molecular complexity index is 594. The number of hydrogen-bond donors (Lipinski definition) is 3. The van der Waals surface area contributed by atoms with Crippen LogP contribution in [0.5, 0.6) is 5.75 Å². The van der Waals surface area contributed by atoms with E-state index < -0.39 is 0 Å². The second kappa shape index (κ2) is 7.33. The molecule has 110 valence electrons. The second-order valence-electron chi connectivity index (χ2n) is 4.97. The van der Waals surface area contributed by atoms with Crippen molar-refractivity contribution in [2.75, 3.05) is 12.3 Å². The van der Waals surface area contributed by atoms with E-state index in [1.807, 2.05) is 36.4 Å². The van der Waals surface area contributed by atoms with E-state index in [-0.39, 0.29) is 11.7 Å². The fourth-order valence-electron chi connectivity index (χ4n) is 2.11. The van der Waals surface area contributed by atoms with E-state index in [0.29, 0.717) is 19.4 Å². The van der Waals surface area contributed by atoms with Gasteiger partial charge in [0.15, 0.2) is 0 Å². The van der Waals surface area contributed by atoms with E-state index in [1.54, 1.807) is 12.1 Å². The Hall–Kier alpha value is -2.49. The first kappa shape index (κ1) is 14.9. The van der Waals surface area contributed by atoms with Gasteiger partial charge in [-0.2, -0.15) is 0 Å². The van der Waals surface area contributed by atoms with Crippen molar-refractivity contribution >= 4 is 11.6 Å². The average molecular weight is 284 g/mol. The van der Waals surface area contributed by atoms with Crippen molar-refractivity contribution in [3.8, 4) is 5.75 Å². The molecule has 21 heavy (non-hydrogen) atoms. The number of nitrogens with one attached hydrogen (secondary N) is 1. The quantitative estimate of drug-likeness (QED) is 0.712. The first-order chi connectivity index (χ1) is 10.1. The summed E-state index contributed by atoms with van der Waals surface area (Å²) in [6.45, 7) is 0.591. The number of rotatable bonds is 6. The molecule has 0 saturated carbocycles. The maximum Gasteiger partial charge on any atom is 0.220 e. The van der Waals surface area contributed by atoms with Crippen molar-refractivity contribution in [2.45, 2.75) is 19.3 Å². The fourth-order valence-corrected chi connectivity index (χ4v) is 2.11. The minimum Gasteiger partial charge on any atom is -0.508 e. The highest BCUT2D eigenvalue weighted by Crippen LogP contribution is 2.12. The summed E-state index contributed by atoms with van der Waals surface area (Å²) in [6, 6.07) is 14.6. The minimum atomic E-state index is 0.0250. The van der Waals surface area contributed by atoms with Crippen molar-refractivity contribution in [1.29, 1.82) is 0 Å². The standard InChI is InChI=1S/C17H20N2O2/c18-16-4-2-1-3-14(16)7-10-17(21)19-12-11-13-5-8-15(20)9-6-13/h1-6,8-9,20H,7,10-12,18H2,(H,19,21). The number of hydrogen-bond acceptors (Lipinski definition) is 3. The van der Waals surface area contributed by atoms with Gasteiger partial charge >= 0.3 is 0 Å². The van der Waals surface area contributed by atoms with Crippen molar-refractivity contribution in [3.05, 3.63) is 59.7 Å². The van der Waals surface area contributed by atoms with E-state index in [9.17, 15) is 9.90 Å². The summed E-state index contributed by atoms with van der Waals surface area (Å²) in [6.07, 6.45) is 1.83. The summed E-state index contributed by atoms with van der Waals surface area (Å²) >= 11 is 0. The molecule has 1 amide bonds. The number of carbonyl (C=O) groups is 1. The maximum absolute atomic E-state index is 11.8. The maximum atomic E-state index is 11.8. The topological polar surface area (TPSA) is 75.4 Å². The number of aryl methyl sites for hydroxylation is 1. The van der Waals surface area contributed by atoms with Crippen LogP contribution in [0.1, 0.15) is 17.5 Å². The van der Waals surface area contributed by atoms with Crippen LogP contribution in [0, 0.1) is 0 Å². The van der Waals surface area contributed by atoms with Crippen LogP contribution >= 0.6 is 0 Å². The highest BCUT2D eigenvalue weighted by atomic mass is 16.3. The minimum absolute atomic E-state index is 0.0250. The third-order valence-electron chi connectivity index (χ3n) is 3.35. The highest BCUT2D eigenvalue weighted by molar-refractivity contribution is 5.76. The van der Waals surface area contributed by atoms with Gasteiger partial charge in [0.2, 0.25) is 5.91 Å². The molecule has 4 nitrogen and oxygen atoms in total. The molecule has 0 aromatic heterocycles. The summed E-state index contributed by atoms with van der Waals surface area (Å²) < 4.78 is 0. The summed E-state index contributed by atoms with van der Waals surface area (Å²) in [5.41, 5.74) is 8.66. The van der Waals surface area contributed by atoms with Crippen LogP contribution in [0.15, 0.2) is 48.5 Å². The molecule has 4 heteroatoms. The average Bonchev–Trinajstić information content (AvgIpc) is 2.48. The molecule has 0 spiro atoms. The van der Waals surface area contributed by atoms with Gasteiger partial charge in [-0.1, -0.05) is 30.3 Å². The first-order valence-corrected chi connectivity index (χ1v) is 7.03. The lowest BCUT2D eigenvalue weighted by atomic mass is 10.1. The van der Waals surface area contributed by atoms with Gasteiger partial charge in [-0.3, -0.25) is 4.79 Å². The molecule has 0 unspecified atom stereocenters. The zero-order chi connectivity index (χ0) is 15.1. The summed E-state index contributed by atoms with van der Waals surface area (Å²) in [5.74, 6) is 0.278.